The minimum atomic E-state index is -0.0953. The summed E-state index contributed by atoms with van der Waals surface area (Å²) in [5, 5.41) is 11.0. The van der Waals surface area contributed by atoms with Gasteiger partial charge in [-0.15, -0.1) is 0 Å². The predicted octanol–water partition coefficient (Wildman–Crippen LogP) is 4.83. The minimum absolute atomic E-state index is 0.0893. The number of rotatable bonds is 2. The van der Waals surface area contributed by atoms with Crippen LogP contribution in [0.4, 0.5) is 5.69 Å². The molecule has 0 spiro atoms. The topological polar surface area (TPSA) is 79.2 Å². The summed E-state index contributed by atoms with van der Waals surface area (Å²) in [6.07, 6.45) is 5.56. The van der Waals surface area contributed by atoms with E-state index < -0.39 is 0 Å². The van der Waals surface area contributed by atoms with E-state index in [2.05, 4.69) is 40.8 Å². The van der Waals surface area contributed by atoms with Gasteiger partial charge >= 0.3 is 0 Å². The number of imidazole rings is 1. The summed E-state index contributed by atoms with van der Waals surface area (Å²) in [4.78, 5) is 24.7. The molecule has 0 radical (unpaired) electrons. The Labute approximate surface area is 200 Å². The first-order valence-electron chi connectivity index (χ1n) is 12.0. The summed E-state index contributed by atoms with van der Waals surface area (Å²) in [6, 6.07) is 7.97. The molecular weight excluding hydrogens is 423 g/mol. The molecule has 0 amide bonds. The quantitative estimate of drug-likeness (QED) is 0.405. The van der Waals surface area contributed by atoms with Crippen molar-refractivity contribution in [2.24, 2.45) is 0 Å². The van der Waals surface area contributed by atoms with Crippen molar-refractivity contribution in [1.29, 1.82) is 5.26 Å². The maximum Gasteiger partial charge on any atom is 0.277 e. The van der Waals surface area contributed by atoms with Crippen molar-refractivity contribution in [2.45, 2.75) is 53.2 Å². The molecule has 0 aliphatic carbocycles. The molecule has 0 bridgehead atoms. The number of hydrogen-bond donors (Lipinski definition) is 0. The molecule has 1 aliphatic rings. The third-order valence-corrected chi connectivity index (χ3v) is 6.60. The lowest BCUT2D eigenvalue weighted by atomic mass is 9.34. The van der Waals surface area contributed by atoms with Crippen LogP contribution in [0.2, 0.25) is 11.6 Å². The summed E-state index contributed by atoms with van der Waals surface area (Å²) >= 11 is 0. The molecule has 7 nitrogen and oxygen atoms in total. The van der Waals surface area contributed by atoms with Gasteiger partial charge in [0.2, 0.25) is 0 Å². The van der Waals surface area contributed by atoms with Crippen LogP contribution in [-0.2, 0) is 0 Å². The van der Waals surface area contributed by atoms with Crippen LogP contribution in [0.15, 0.2) is 47.7 Å². The highest BCUT2D eigenvalue weighted by molar-refractivity contribution is 6.70. The molecule has 8 heteroatoms. The van der Waals surface area contributed by atoms with E-state index in [1.54, 1.807) is 10.8 Å². The summed E-state index contributed by atoms with van der Waals surface area (Å²) in [5.74, 6) is 3.66. The zero-order valence-electron chi connectivity index (χ0n) is 20.8. The first kappa shape index (κ1) is 23.6. The van der Waals surface area contributed by atoms with Gasteiger partial charge in [-0.25, -0.2) is 15.2 Å². The molecule has 174 valence electrons. The van der Waals surface area contributed by atoms with Crippen LogP contribution in [-0.4, -0.2) is 38.7 Å². The molecule has 34 heavy (non-hydrogen) atoms. The molecule has 4 heterocycles. The van der Waals surface area contributed by atoms with Crippen molar-refractivity contribution in [1.82, 2.24) is 18.9 Å². The molecule has 2 unspecified atom stereocenters. The van der Waals surface area contributed by atoms with Gasteiger partial charge in [-0.2, -0.15) is 0 Å². The summed E-state index contributed by atoms with van der Waals surface area (Å²) in [6.45, 7) is 13.9. The maximum absolute atomic E-state index is 13.3. The lowest BCUT2D eigenvalue weighted by Gasteiger charge is -2.38. The number of aryl methyl sites for hydroxylation is 2. The highest BCUT2D eigenvalue weighted by Gasteiger charge is 2.35. The van der Waals surface area contributed by atoms with E-state index in [0.717, 1.165) is 41.2 Å². The van der Waals surface area contributed by atoms with E-state index in [9.17, 15) is 10.1 Å². The molecule has 4 aromatic rings. The fourth-order valence-corrected chi connectivity index (χ4v) is 5.01. The third-order valence-electron chi connectivity index (χ3n) is 6.60. The molecule has 5 rings (SSSR count). The van der Waals surface area contributed by atoms with Crippen molar-refractivity contribution in [3.63, 3.8) is 0 Å². The van der Waals surface area contributed by atoms with Crippen molar-refractivity contribution < 1.29 is 0 Å². The Kier molecular flexibility index (Phi) is 6.47. The highest BCUT2D eigenvalue weighted by Crippen LogP contribution is 2.32. The number of fused-ring (bicyclic) bond motifs is 2. The van der Waals surface area contributed by atoms with Gasteiger partial charge in [0, 0.05) is 42.5 Å². The van der Waals surface area contributed by atoms with Crippen molar-refractivity contribution in [3.8, 4) is 11.8 Å². The number of nitrogens with zero attached hydrogens (tertiary/aromatic N) is 6. The van der Waals surface area contributed by atoms with Gasteiger partial charge in [0.25, 0.3) is 12.3 Å². The lowest BCUT2D eigenvalue weighted by Crippen LogP contribution is -2.44. The standard InChI is InChI=1S/C24H25BN6O.C2H6/c1-15-10-29(11-16(2)25(15)14-26)20-5-6-21-19(9-20)7-8-31(24(21)32)22-13-30-12-17(3)27-23(30)18(4)28-22;1-2/h5-9,12-13,15-16H,10-11H2,1-4H3;1-2H3. The van der Waals surface area contributed by atoms with Gasteiger partial charge in [0.15, 0.2) is 11.5 Å². The Hall–Kier alpha value is -3.60. The maximum atomic E-state index is 13.3. The minimum Gasteiger partial charge on any atom is -0.372 e. The van der Waals surface area contributed by atoms with Crippen molar-refractivity contribution in [3.05, 3.63) is 64.6 Å². The van der Waals surface area contributed by atoms with Gasteiger partial charge in [-0.05, 0) is 55.1 Å². The number of aromatic nitrogens is 4. The Morgan fingerprint density at radius 2 is 1.76 bits per heavy atom. The number of benzene rings is 1. The molecule has 0 N–H and O–H groups in total. The monoisotopic (exact) mass is 454 g/mol. The summed E-state index contributed by atoms with van der Waals surface area (Å²) < 4.78 is 3.51. The third kappa shape index (κ3) is 4.07. The van der Waals surface area contributed by atoms with E-state index in [-0.39, 0.29) is 12.3 Å². The lowest BCUT2D eigenvalue weighted by molar-refractivity contribution is 0.679. The van der Waals surface area contributed by atoms with E-state index in [1.807, 2.05) is 62.7 Å². The second kappa shape index (κ2) is 9.34. The van der Waals surface area contributed by atoms with E-state index in [4.69, 9.17) is 0 Å². The SMILES string of the molecule is CC.Cc1cn2cc(-n3ccc4cc(N5CC(C)B(C#N)C(C)C5)ccc4c3=O)nc(C)c2n1. The molecule has 2 atom stereocenters. The van der Waals surface area contributed by atoms with Crippen LogP contribution in [0.3, 0.4) is 0 Å². The second-order valence-electron chi connectivity index (χ2n) is 9.07. The molecule has 1 aliphatic heterocycles. The van der Waals surface area contributed by atoms with Gasteiger partial charge in [0.1, 0.15) is 0 Å². The Morgan fingerprint density at radius 1 is 1.06 bits per heavy atom. The fourth-order valence-electron chi connectivity index (χ4n) is 5.01. The normalized spacial score (nSPS) is 18.0. The number of pyridine rings is 1. The highest BCUT2D eigenvalue weighted by atomic mass is 16.1. The Bertz CT molecular complexity index is 1440. The number of nitriles is 1. The van der Waals surface area contributed by atoms with Crippen molar-refractivity contribution in [2.75, 3.05) is 18.0 Å². The molecular formula is C26H31BN6O. The smallest absolute Gasteiger partial charge is 0.277 e. The molecule has 1 fully saturated rings. The van der Waals surface area contributed by atoms with Gasteiger partial charge < -0.3 is 9.30 Å². The molecule has 0 saturated carbocycles. The van der Waals surface area contributed by atoms with Crippen LogP contribution in [0.1, 0.15) is 39.1 Å². The van der Waals surface area contributed by atoms with Crippen LogP contribution < -0.4 is 10.5 Å². The second-order valence-corrected chi connectivity index (χ2v) is 9.07. The zero-order chi connectivity index (χ0) is 24.6. The van der Waals surface area contributed by atoms with Crippen LogP contribution in [0, 0.1) is 25.1 Å². The largest absolute Gasteiger partial charge is 0.372 e. The predicted molar refractivity (Wildman–Crippen MR) is 139 cm³/mol. The van der Waals surface area contributed by atoms with Crippen LogP contribution in [0.5, 0.6) is 0 Å². The van der Waals surface area contributed by atoms with Crippen LogP contribution >= 0.6 is 0 Å². The first-order chi connectivity index (χ1) is 16.4. The number of hydrogen-bond acceptors (Lipinski definition) is 5. The Morgan fingerprint density at radius 3 is 2.44 bits per heavy atom. The first-order valence-corrected chi connectivity index (χ1v) is 12.0. The van der Waals surface area contributed by atoms with Gasteiger partial charge in [-0.1, -0.05) is 27.7 Å². The van der Waals surface area contributed by atoms with E-state index in [0.29, 0.717) is 22.8 Å². The van der Waals surface area contributed by atoms with Gasteiger partial charge in [-0.3, -0.25) is 9.36 Å². The zero-order valence-corrected chi connectivity index (χ0v) is 20.8. The van der Waals surface area contributed by atoms with E-state index >= 15 is 0 Å². The van der Waals surface area contributed by atoms with Crippen LogP contribution in [0.25, 0.3) is 22.2 Å². The number of anilines is 1. The summed E-state index contributed by atoms with van der Waals surface area (Å²) in [7, 11) is 0. The van der Waals surface area contributed by atoms with Gasteiger partial charge in [0.05, 0.1) is 17.6 Å². The summed E-state index contributed by atoms with van der Waals surface area (Å²) in [5.41, 5.74) is 3.49. The van der Waals surface area contributed by atoms with Crippen molar-refractivity contribution >= 4 is 28.8 Å². The average molecular weight is 454 g/mol. The molecule has 3 aromatic heterocycles. The Balaban J connectivity index is 0.00000133. The van der Waals surface area contributed by atoms with E-state index in [1.165, 1.54) is 0 Å². The fraction of sp³-hybridized carbons (Fsp3) is 0.385. The molecule has 1 aromatic carbocycles. The molecule has 1 saturated heterocycles. The average Bonchev–Trinajstić information content (AvgIpc) is 3.21.